The van der Waals surface area contributed by atoms with E-state index in [1.54, 1.807) is 0 Å². The molecule has 0 bridgehead atoms. The number of methoxy groups -OCH3 is 2. The number of rotatable bonds is 6. The van der Waals surface area contributed by atoms with Crippen molar-refractivity contribution in [3.05, 3.63) is 11.1 Å². The minimum absolute atomic E-state index is 0.278. The summed E-state index contributed by atoms with van der Waals surface area (Å²) in [5, 5.41) is 0. The molecule has 17 heavy (non-hydrogen) atoms. The first kappa shape index (κ1) is 15.7. The molecule has 0 unspecified atom stereocenters. The van der Waals surface area contributed by atoms with E-state index in [1.807, 2.05) is 20.8 Å². The van der Waals surface area contributed by atoms with Gasteiger partial charge in [-0.2, -0.15) is 0 Å². The zero-order valence-electron chi connectivity index (χ0n) is 11.3. The van der Waals surface area contributed by atoms with E-state index in [-0.39, 0.29) is 5.92 Å². The standard InChI is InChI=1S/C13H22O4/c1-6-7-10(12(14)16-4)11(8-9(2)3)13(15)17-5/h9H,6-8H2,1-5H3/b11-10-. The van der Waals surface area contributed by atoms with Crippen LogP contribution in [0.3, 0.4) is 0 Å². The van der Waals surface area contributed by atoms with Gasteiger partial charge in [0.05, 0.1) is 14.2 Å². The Morgan fingerprint density at radius 1 is 1.00 bits per heavy atom. The summed E-state index contributed by atoms with van der Waals surface area (Å²) in [5.41, 5.74) is 0.881. The SMILES string of the molecule is CCC/C(C(=O)OC)=C(\CC(C)C)C(=O)OC. The Labute approximate surface area is 103 Å². The Morgan fingerprint density at radius 2 is 1.47 bits per heavy atom. The van der Waals surface area contributed by atoms with Crippen LogP contribution < -0.4 is 0 Å². The van der Waals surface area contributed by atoms with E-state index in [9.17, 15) is 9.59 Å². The second-order valence-corrected chi connectivity index (χ2v) is 4.29. The normalized spacial score (nSPS) is 12.1. The van der Waals surface area contributed by atoms with Crippen molar-refractivity contribution >= 4 is 11.9 Å². The molecule has 0 aromatic carbocycles. The van der Waals surface area contributed by atoms with Crippen LogP contribution in [0, 0.1) is 5.92 Å². The van der Waals surface area contributed by atoms with Gasteiger partial charge in [0.15, 0.2) is 0 Å². The van der Waals surface area contributed by atoms with Crippen LogP contribution in [-0.4, -0.2) is 26.2 Å². The van der Waals surface area contributed by atoms with Gasteiger partial charge >= 0.3 is 11.9 Å². The highest BCUT2D eigenvalue weighted by Gasteiger charge is 2.22. The van der Waals surface area contributed by atoms with Crippen molar-refractivity contribution in [2.75, 3.05) is 14.2 Å². The maximum Gasteiger partial charge on any atom is 0.334 e. The van der Waals surface area contributed by atoms with Crippen molar-refractivity contribution in [3.8, 4) is 0 Å². The van der Waals surface area contributed by atoms with Gasteiger partial charge in [0.1, 0.15) is 0 Å². The predicted molar refractivity (Wildman–Crippen MR) is 65.4 cm³/mol. The smallest absolute Gasteiger partial charge is 0.334 e. The van der Waals surface area contributed by atoms with Crippen LogP contribution in [0.4, 0.5) is 0 Å². The molecular weight excluding hydrogens is 220 g/mol. The molecule has 0 spiro atoms. The van der Waals surface area contributed by atoms with Gasteiger partial charge in [0, 0.05) is 11.1 Å². The van der Waals surface area contributed by atoms with Crippen LogP contribution in [0.2, 0.25) is 0 Å². The van der Waals surface area contributed by atoms with Crippen molar-refractivity contribution in [2.24, 2.45) is 5.92 Å². The van der Waals surface area contributed by atoms with Gasteiger partial charge in [-0.1, -0.05) is 27.2 Å². The van der Waals surface area contributed by atoms with E-state index in [1.165, 1.54) is 14.2 Å². The molecule has 0 heterocycles. The zero-order chi connectivity index (χ0) is 13.4. The van der Waals surface area contributed by atoms with Crippen molar-refractivity contribution in [1.29, 1.82) is 0 Å². The molecule has 0 amide bonds. The van der Waals surface area contributed by atoms with Gasteiger partial charge in [-0.25, -0.2) is 9.59 Å². The number of ether oxygens (including phenoxy) is 2. The van der Waals surface area contributed by atoms with Crippen LogP contribution >= 0.6 is 0 Å². The lowest BCUT2D eigenvalue weighted by atomic mass is 9.95. The van der Waals surface area contributed by atoms with Crippen LogP contribution in [0.25, 0.3) is 0 Å². The number of carbonyl (C=O) groups excluding carboxylic acids is 2. The number of hydrogen-bond acceptors (Lipinski definition) is 4. The second kappa shape index (κ2) is 7.87. The monoisotopic (exact) mass is 242 g/mol. The Morgan fingerprint density at radius 3 is 1.82 bits per heavy atom. The first-order valence-electron chi connectivity index (χ1n) is 5.86. The summed E-state index contributed by atoms with van der Waals surface area (Å²) in [5.74, 6) is -0.596. The number of hydrogen-bond donors (Lipinski definition) is 0. The second-order valence-electron chi connectivity index (χ2n) is 4.29. The summed E-state index contributed by atoms with van der Waals surface area (Å²) in [4.78, 5) is 23.4. The molecular formula is C13H22O4. The fourth-order valence-corrected chi connectivity index (χ4v) is 1.61. The maximum atomic E-state index is 11.7. The molecule has 0 aliphatic rings. The summed E-state index contributed by atoms with van der Waals surface area (Å²) in [6.45, 7) is 5.93. The third-order valence-electron chi connectivity index (χ3n) is 2.34. The van der Waals surface area contributed by atoms with Gasteiger partial charge in [-0.3, -0.25) is 0 Å². The molecule has 0 rings (SSSR count). The molecule has 0 N–H and O–H groups in total. The Balaban J connectivity index is 5.37. The Bertz CT molecular complexity index is 303. The number of carbonyl (C=O) groups is 2. The van der Waals surface area contributed by atoms with Crippen LogP contribution in [0.15, 0.2) is 11.1 Å². The zero-order valence-corrected chi connectivity index (χ0v) is 11.3. The van der Waals surface area contributed by atoms with E-state index in [0.29, 0.717) is 24.0 Å². The highest BCUT2D eigenvalue weighted by atomic mass is 16.5. The first-order valence-corrected chi connectivity index (χ1v) is 5.86. The van der Waals surface area contributed by atoms with Crippen molar-refractivity contribution in [1.82, 2.24) is 0 Å². The predicted octanol–water partition coefficient (Wildman–Crippen LogP) is 2.48. The fraction of sp³-hybridized carbons (Fsp3) is 0.692. The largest absolute Gasteiger partial charge is 0.466 e. The lowest BCUT2D eigenvalue weighted by Gasteiger charge is -2.13. The highest BCUT2D eigenvalue weighted by molar-refractivity contribution is 6.00. The van der Waals surface area contributed by atoms with Crippen molar-refractivity contribution in [2.45, 2.75) is 40.0 Å². The summed E-state index contributed by atoms with van der Waals surface area (Å²) in [6.07, 6.45) is 1.84. The van der Waals surface area contributed by atoms with Gasteiger partial charge in [-0.05, 0) is 18.8 Å². The van der Waals surface area contributed by atoms with Crippen LogP contribution in [0.5, 0.6) is 0 Å². The first-order chi connectivity index (χ1) is 7.97. The van der Waals surface area contributed by atoms with Crippen LogP contribution in [-0.2, 0) is 19.1 Å². The van der Waals surface area contributed by atoms with Gasteiger partial charge in [0.2, 0.25) is 0 Å². The quantitative estimate of drug-likeness (QED) is 0.530. The topological polar surface area (TPSA) is 52.6 Å². The molecule has 0 saturated carbocycles. The van der Waals surface area contributed by atoms with Gasteiger partial charge in [-0.15, -0.1) is 0 Å². The van der Waals surface area contributed by atoms with E-state index < -0.39 is 11.9 Å². The average molecular weight is 242 g/mol. The minimum atomic E-state index is -0.437. The van der Waals surface area contributed by atoms with E-state index in [0.717, 1.165) is 6.42 Å². The lowest BCUT2D eigenvalue weighted by Crippen LogP contribution is -2.16. The highest BCUT2D eigenvalue weighted by Crippen LogP contribution is 2.21. The summed E-state index contributed by atoms with van der Waals surface area (Å²) in [7, 11) is 2.64. The van der Waals surface area contributed by atoms with Crippen molar-refractivity contribution in [3.63, 3.8) is 0 Å². The molecule has 98 valence electrons. The van der Waals surface area contributed by atoms with E-state index in [4.69, 9.17) is 9.47 Å². The molecule has 4 heteroatoms. The van der Waals surface area contributed by atoms with E-state index in [2.05, 4.69) is 0 Å². The lowest BCUT2D eigenvalue weighted by molar-refractivity contribution is -0.139. The third kappa shape index (κ3) is 5.02. The molecule has 0 atom stereocenters. The molecule has 4 nitrogen and oxygen atoms in total. The summed E-state index contributed by atoms with van der Waals surface area (Å²) < 4.78 is 9.45. The minimum Gasteiger partial charge on any atom is -0.466 e. The van der Waals surface area contributed by atoms with Crippen LogP contribution in [0.1, 0.15) is 40.0 Å². The van der Waals surface area contributed by atoms with Crippen molar-refractivity contribution < 1.29 is 19.1 Å². The molecule has 0 aromatic heterocycles. The molecule has 0 saturated heterocycles. The maximum absolute atomic E-state index is 11.7. The fourth-order valence-electron chi connectivity index (χ4n) is 1.61. The molecule has 0 radical (unpaired) electrons. The summed E-state index contributed by atoms with van der Waals surface area (Å²) >= 11 is 0. The summed E-state index contributed by atoms with van der Waals surface area (Å²) in [6, 6.07) is 0. The molecule has 0 aromatic rings. The Hall–Kier alpha value is -1.32. The Kier molecular flexibility index (Phi) is 7.26. The van der Waals surface area contributed by atoms with E-state index >= 15 is 0 Å². The number of esters is 2. The molecule has 0 aliphatic carbocycles. The van der Waals surface area contributed by atoms with Gasteiger partial charge < -0.3 is 9.47 Å². The third-order valence-corrected chi connectivity index (χ3v) is 2.34. The molecule has 0 fully saturated rings. The average Bonchev–Trinajstić information content (AvgIpc) is 2.31. The molecule has 0 aliphatic heterocycles. The van der Waals surface area contributed by atoms with Gasteiger partial charge in [0.25, 0.3) is 0 Å².